The predicted octanol–water partition coefficient (Wildman–Crippen LogP) is 2.77. The fourth-order valence-corrected chi connectivity index (χ4v) is 3.23. The Kier molecular flexibility index (Phi) is 4.79. The lowest BCUT2D eigenvalue weighted by Gasteiger charge is -2.31. The van der Waals surface area contributed by atoms with Gasteiger partial charge in [-0.2, -0.15) is 0 Å². The number of nitrogens with two attached hydrogens (primary N) is 1. The molecule has 25 heavy (non-hydrogen) atoms. The van der Waals surface area contributed by atoms with Crippen molar-refractivity contribution in [3.63, 3.8) is 0 Å². The van der Waals surface area contributed by atoms with E-state index in [1.54, 1.807) is 11.0 Å². The number of urea groups is 1. The Morgan fingerprint density at radius 3 is 2.76 bits per heavy atom. The molecule has 3 rings (SSSR count). The summed E-state index contributed by atoms with van der Waals surface area (Å²) >= 11 is 0. The normalized spacial score (nSPS) is 13.6. The Morgan fingerprint density at radius 2 is 2.08 bits per heavy atom. The first-order valence-corrected chi connectivity index (χ1v) is 8.47. The van der Waals surface area contributed by atoms with E-state index < -0.39 is 5.91 Å². The number of furan rings is 1. The van der Waals surface area contributed by atoms with Crippen molar-refractivity contribution in [2.24, 2.45) is 5.73 Å². The van der Waals surface area contributed by atoms with Crippen LogP contribution in [0.2, 0.25) is 0 Å². The predicted molar refractivity (Wildman–Crippen MR) is 94.1 cm³/mol. The first-order valence-electron chi connectivity index (χ1n) is 8.47. The van der Waals surface area contributed by atoms with Gasteiger partial charge in [0.2, 0.25) is 0 Å². The third-order valence-electron chi connectivity index (χ3n) is 4.53. The maximum Gasteiger partial charge on any atom is 0.318 e. The SMILES string of the molecule is CC(C)c1cccc2c1CCN(C(=O)NCc1ccc(C(N)=O)o1)C2. The number of amides is 3. The molecule has 2 aromatic rings. The molecule has 0 bridgehead atoms. The van der Waals surface area contributed by atoms with E-state index in [2.05, 4.69) is 37.4 Å². The molecule has 0 saturated heterocycles. The average molecular weight is 341 g/mol. The Bertz CT molecular complexity index is 795. The molecule has 0 aliphatic carbocycles. The number of fused-ring (bicyclic) bond motifs is 1. The number of carbonyl (C=O) groups excluding carboxylic acids is 2. The third kappa shape index (κ3) is 3.68. The lowest BCUT2D eigenvalue weighted by Crippen LogP contribution is -2.42. The zero-order valence-electron chi connectivity index (χ0n) is 14.5. The van der Waals surface area contributed by atoms with Crippen LogP contribution in [-0.2, 0) is 19.5 Å². The molecule has 0 radical (unpaired) electrons. The van der Waals surface area contributed by atoms with Gasteiger partial charge in [-0.1, -0.05) is 32.0 Å². The van der Waals surface area contributed by atoms with E-state index in [1.165, 1.54) is 22.8 Å². The van der Waals surface area contributed by atoms with E-state index in [0.717, 1.165) is 6.42 Å². The van der Waals surface area contributed by atoms with Crippen molar-refractivity contribution >= 4 is 11.9 Å². The van der Waals surface area contributed by atoms with E-state index in [9.17, 15) is 9.59 Å². The highest BCUT2D eigenvalue weighted by Gasteiger charge is 2.23. The van der Waals surface area contributed by atoms with Gasteiger partial charge in [-0.15, -0.1) is 0 Å². The van der Waals surface area contributed by atoms with Crippen molar-refractivity contribution in [1.82, 2.24) is 10.2 Å². The summed E-state index contributed by atoms with van der Waals surface area (Å²) in [6, 6.07) is 9.33. The number of benzene rings is 1. The van der Waals surface area contributed by atoms with Gasteiger partial charge in [0, 0.05) is 13.1 Å². The largest absolute Gasteiger partial charge is 0.454 e. The summed E-state index contributed by atoms with van der Waals surface area (Å²) in [5.41, 5.74) is 9.10. The fraction of sp³-hybridized carbons (Fsp3) is 0.368. The quantitative estimate of drug-likeness (QED) is 0.896. The fourth-order valence-electron chi connectivity index (χ4n) is 3.23. The van der Waals surface area contributed by atoms with Crippen LogP contribution in [0.1, 0.15) is 52.8 Å². The lowest BCUT2D eigenvalue weighted by atomic mass is 9.89. The first kappa shape index (κ1) is 17.1. The molecule has 6 heteroatoms. The number of nitrogens with zero attached hydrogens (tertiary/aromatic N) is 1. The van der Waals surface area contributed by atoms with Crippen LogP contribution in [0.15, 0.2) is 34.7 Å². The maximum absolute atomic E-state index is 12.4. The Morgan fingerprint density at radius 1 is 1.28 bits per heavy atom. The minimum absolute atomic E-state index is 0.0948. The van der Waals surface area contributed by atoms with E-state index in [0.29, 0.717) is 24.8 Å². The average Bonchev–Trinajstić information content (AvgIpc) is 3.07. The molecule has 1 aromatic heterocycles. The minimum Gasteiger partial charge on any atom is -0.454 e. The Balaban J connectivity index is 1.62. The third-order valence-corrected chi connectivity index (χ3v) is 4.53. The van der Waals surface area contributed by atoms with Crippen LogP contribution in [0.25, 0.3) is 0 Å². The van der Waals surface area contributed by atoms with Gasteiger partial charge >= 0.3 is 6.03 Å². The topological polar surface area (TPSA) is 88.6 Å². The highest BCUT2D eigenvalue weighted by atomic mass is 16.4. The van der Waals surface area contributed by atoms with Crippen LogP contribution in [-0.4, -0.2) is 23.4 Å². The summed E-state index contributed by atoms with van der Waals surface area (Å²) in [6.45, 7) is 5.90. The zero-order valence-corrected chi connectivity index (χ0v) is 14.5. The van der Waals surface area contributed by atoms with Crippen molar-refractivity contribution in [3.05, 3.63) is 58.5 Å². The zero-order chi connectivity index (χ0) is 18.0. The van der Waals surface area contributed by atoms with Crippen molar-refractivity contribution in [2.45, 2.75) is 39.3 Å². The Labute approximate surface area is 147 Å². The highest BCUT2D eigenvalue weighted by molar-refractivity contribution is 5.89. The summed E-state index contributed by atoms with van der Waals surface area (Å²) in [4.78, 5) is 25.2. The molecule has 6 nitrogen and oxygen atoms in total. The van der Waals surface area contributed by atoms with Crippen molar-refractivity contribution in [1.29, 1.82) is 0 Å². The number of rotatable bonds is 4. The molecule has 0 spiro atoms. The summed E-state index contributed by atoms with van der Waals surface area (Å²) in [6.07, 6.45) is 0.865. The summed E-state index contributed by atoms with van der Waals surface area (Å²) < 4.78 is 5.27. The molecule has 3 N–H and O–H groups in total. The molecular weight excluding hydrogens is 318 g/mol. The van der Waals surface area contributed by atoms with Gasteiger partial charge in [-0.25, -0.2) is 4.79 Å². The van der Waals surface area contributed by atoms with Gasteiger partial charge < -0.3 is 20.4 Å². The van der Waals surface area contributed by atoms with E-state index in [1.807, 2.05) is 0 Å². The number of carbonyl (C=O) groups is 2. The molecule has 1 aliphatic heterocycles. The number of hydrogen-bond donors (Lipinski definition) is 2. The number of hydrogen-bond acceptors (Lipinski definition) is 3. The second-order valence-electron chi connectivity index (χ2n) is 6.60. The van der Waals surface area contributed by atoms with Crippen molar-refractivity contribution in [2.75, 3.05) is 6.54 Å². The molecule has 132 valence electrons. The Hall–Kier alpha value is -2.76. The molecular formula is C19H23N3O3. The molecule has 0 atom stereocenters. The standard InChI is InChI=1S/C19H23N3O3/c1-12(2)15-5-3-4-13-11-22(9-8-16(13)15)19(24)21-10-14-6-7-17(25-14)18(20)23/h3-7,12H,8-11H2,1-2H3,(H2,20,23)(H,21,24). The van der Waals surface area contributed by atoms with Crippen LogP contribution < -0.4 is 11.1 Å². The maximum atomic E-state index is 12.4. The monoisotopic (exact) mass is 341 g/mol. The smallest absolute Gasteiger partial charge is 0.318 e. The van der Waals surface area contributed by atoms with E-state index in [-0.39, 0.29) is 18.3 Å². The molecule has 1 aliphatic rings. The van der Waals surface area contributed by atoms with Gasteiger partial charge in [-0.05, 0) is 41.2 Å². The molecule has 0 saturated carbocycles. The van der Waals surface area contributed by atoms with Crippen molar-refractivity contribution in [3.8, 4) is 0 Å². The minimum atomic E-state index is -0.619. The molecule has 0 fully saturated rings. The van der Waals surface area contributed by atoms with E-state index >= 15 is 0 Å². The summed E-state index contributed by atoms with van der Waals surface area (Å²) in [7, 11) is 0. The van der Waals surface area contributed by atoms with Crippen LogP contribution in [0.5, 0.6) is 0 Å². The van der Waals surface area contributed by atoms with E-state index in [4.69, 9.17) is 10.2 Å². The first-order chi connectivity index (χ1) is 12.0. The van der Waals surface area contributed by atoms with Crippen LogP contribution >= 0.6 is 0 Å². The number of primary amides is 1. The molecule has 0 unspecified atom stereocenters. The van der Waals surface area contributed by atoms with Crippen LogP contribution in [0.3, 0.4) is 0 Å². The van der Waals surface area contributed by atoms with Crippen molar-refractivity contribution < 1.29 is 14.0 Å². The number of nitrogens with one attached hydrogen (secondary N) is 1. The second-order valence-corrected chi connectivity index (χ2v) is 6.60. The molecule has 2 heterocycles. The van der Waals surface area contributed by atoms with Crippen LogP contribution in [0, 0.1) is 0 Å². The lowest BCUT2D eigenvalue weighted by molar-refractivity contribution is 0.0972. The van der Waals surface area contributed by atoms with Gasteiger partial charge in [0.25, 0.3) is 5.91 Å². The summed E-state index contributed by atoms with van der Waals surface area (Å²) in [5.74, 6) is 0.457. The highest BCUT2D eigenvalue weighted by Crippen LogP contribution is 2.27. The van der Waals surface area contributed by atoms with Gasteiger partial charge in [0.15, 0.2) is 5.76 Å². The van der Waals surface area contributed by atoms with Crippen LogP contribution in [0.4, 0.5) is 4.79 Å². The summed E-state index contributed by atoms with van der Waals surface area (Å²) in [5, 5.41) is 2.83. The molecule has 3 amide bonds. The second kappa shape index (κ2) is 7.01. The molecule has 1 aromatic carbocycles. The van der Waals surface area contributed by atoms with Gasteiger partial charge in [-0.3, -0.25) is 4.79 Å². The van der Waals surface area contributed by atoms with Gasteiger partial charge in [0.05, 0.1) is 6.54 Å². The van der Waals surface area contributed by atoms with Gasteiger partial charge in [0.1, 0.15) is 5.76 Å².